The highest BCUT2D eigenvalue weighted by molar-refractivity contribution is 5.88. The van der Waals surface area contributed by atoms with Crippen LogP contribution in [-0.2, 0) is 9.59 Å². The van der Waals surface area contributed by atoms with Gasteiger partial charge in [-0.25, -0.2) is 0 Å². The molecule has 0 saturated heterocycles. The number of aliphatic imine (C=N–C) groups is 2. The fraction of sp³-hybridized carbons (Fsp3) is 0.667. The second-order valence-corrected chi connectivity index (χ2v) is 11.7. The van der Waals surface area contributed by atoms with Crippen LogP contribution < -0.4 is 10.6 Å². The Kier molecular flexibility index (Phi) is 10.2. The van der Waals surface area contributed by atoms with Gasteiger partial charge < -0.3 is 10.6 Å². The van der Waals surface area contributed by atoms with E-state index in [1.54, 1.807) is 18.5 Å². The van der Waals surface area contributed by atoms with E-state index in [0.29, 0.717) is 17.8 Å². The molecule has 4 aliphatic carbocycles. The SMILES string of the molecule is C=N/C=C\C=NCCC1CCC(CCC2C[C@@H]3C(C(=O)NCC(=O)NC4C=CC=C(C(F)(F)F)C4)[C@@H]3C2)CC1. The summed E-state index contributed by atoms with van der Waals surface area (Å²) < 4.78 is 38.7. The average Bonchev–Trinajstić information content (AvgIpc) is 3.42. The van der Waals surface area contributed by atoms with E-state index in [2.05, 4.69) is 27.3 Å². The first-order valence-electron chi connectivity index (χ1n) is 14.4. The molecule has 214 valence electrons. The maximum absolute atomic E-state index is 12.9. The Morgan fingerprint density at radius 3 is 2.36 bits per heavy atom. The maximum Gasteiger partial charge on any atom is 0.412 e. The number of carbonyl (C=O) groups is 2. The lowest BCUT2D eigenvalue weighted by Crippen LogP contribution is -2.43. The van der Waals surface area contributed by atoms with E-state index in [0.717, 1.165) is 43.7 Å². The molecule has 3 saturated carbocycles. The zero-order valence-corrected chi connectivity index (χ0v) is 22.5. The molecule has 0 aromatic heterocycles. The van der Waals surface area contributed by atoms with E-state index in [1.807, 2.05) is 0 Å². The molecule has 2 N–H and O–H groups in total. The van der Waals surface area contributed by atoms with Gasteiger partial charge in [0.2, 0.25) is 11.8 Å². The Balaban J connectivity index is 1.05. The highest BCUT2D eigenvalue weighted by atomic mass is 19.4. The minimum absolute atomic E-state index is 0.00925. The van der Waals surface area contributed by atoms with Crippen LogP contribution in [0.25, 0.3) is 0 Å². The third kappa shape index (κ3) is 8.64. The fourth-order valence-corrected chi connectivity index (χ4v) is 6.88. The van der Waals surface area contributed by atoms with Crippen molar-refractivity contribution in [1.82, 2.24) is 10.6 Å². The molecule has 5 atom stereocenters. The Bertz CT molecular complexity index is 983. The fourth-order valence-electron chi connectivity index (χ4n) is 6.88. The van der Waals surface area contributed by atoms with Gasteiger partial charge in [-0.05, 0) is 61.6 Å². The standard InChI is InChI=1S/C30H41F3N4O2/c1-34-13-3-14-35-15-12-21-8-6-20(7-9-21)10-11-22-16-25-26(17-22)28(25)29(39)36-19-27(38)37-24-5-2-4-23(18-24)30(31,32)33/h2-5,13-14,20-22,24-26,28H,1,6-12,15-19H2,(H,36,39)(H,37,38)/b13-3-,35-14?/t20?,21?,22?,24?,25-,26+,28?. The first-order chi connectivity index (χ1) is 18.7. The van der Waals surface area contributed by atoms with Crippen LogP contribution >= 0.6 is 0 Å². The Morgan fingerprint density at radius 1 is 1.03 bits per heavy atom. The molecule has 2 amide bonds. The number of carbonyl (C=O) groups excluding carboxylic acids is 2. The monoisotopic (exact) mass is 546 g/mol. The van der Waals surface area contributed by atoms with Crippen LogP contribution in [0.4, 0.5) is 13.2 Å². The second kappa shape index (κ2) is 13.6. The summed E-state index contributed by atoms with van der Waals surface area (Å²) in [6, 6.07) is -0.714. The number of hydrogen-bond acceptors (Lipinski definition) is 4. The highest BCUT2D eigenvalue weighted by Crippen LogP contribution is 2.60. The van der Waals surface area contributed by atoms with E-state index < -0.39 is 23.7 Å². The number of nitrogens with zero attached hydrogens (tertiary/aromatic N) is 2. The summed E-state index contributed by atoms with van der Waals surface area (Å²) in [5, 5.41) is 5.27. The van der Waals surface area contributed by atoms with Crippen molar-refractivity contribution in [2.45, 2.75) is 76.4 Å². The summed E-state index contributed by atoms with van der Waals surface area (Å²) in [5.41, 5.74) is -0.667. The lowest BCUT2D eigenvalue weighted by atomic mass is 9.77. The summed E-state index contributed by atoms with van der Waals surface area (Å²) in [6.07, 6.45) is 15.5. The summed E-state index contributed by atoms with van der Waals surface area (Å²) in [5.74, 6) is 2.59. The number of allylic oxidation sites excluding steroid dienone is 3. The quantitative estimate of drug-likeness (QED) is 0.314. The van der Waals surface area contributed by atoms with Gasteiger partial charge in [-0.2, -0.15) is 13.2 Å². The van der Waals surface area contributed by atoms with Crippen molar-refractivity contribution in [2.24, 2.45) is 45.5 Å². The Labute approximate surface area is 229 Å². The number of halogens is 3. The zero-order chi connectivity index (χ0) is 27.8. The first-order valence-corrected chi connectivity index (χ1v) is 14.4. The maximum atomic E-state index is 12.9. The summed E-state index contributed by atoms with van der Waals surface area (Å²) in [6.45, 7) is 4.07. The van der Waals surface area contributed by atoms with Crippen molar-refractivity contribution < 1.29 is 22.8 Å². The minimum Gasteiger partial charge on any atom is -0.348 e. The van der Waals surface area contributed by atoms with Crippen LogP contribution in [0.2, 0.25) is 0 Å². The molecular weight excluding hydrogens is 505 g/mol. The molecule has 9 heteroatoms. The minimum atomic E-state index is -4.40. The first kappa shape index (κ1) is 29.3. The number of fused-ring (bicyclic) bond motifs is 1. The molecule has 0 heterocycles. The van der Waals surface area contributed by atoms with Crippen molar-refractivity contribution in [2.75, 3.05) is 13.1 Å². The largest absolute Gasteiger partial charge is 0.412 e. The van der Waals surface area contributed by atoms with Gasteiger partial charge in [0, 0.05) is 36.9 Å². The molecule has 3 fully saturated rings. The third-order valence-electron chi connectivity index (χ3n) is 9.06. The topological polar surface area (TPSA) is 82.9 Å². The van der Waals surface area contributed by atoms with Gasteiger partial charge in [0.1, 0.15) is 0 Å². The molecule has 6 nitrogen and oxygen atoms in total. The van der Waals surface area contributed by atoms with Crippen LogP contribution in [0.3, 0.4) is 0 Å². The van der Waals surface area contributed by atoms with Crippen molar-refractivity contribution in [3.8, 4) is 0 Å². The van der Waals surface area contributed by atoms with Gasteiger partial charge in [-0.3, -0.25) is 19.6 Å². The lowest BCUT2D eigenvalue weighted by Gasteiger charge is -2.29. The normalized spacial score (nSPS) is 32.2. The molecular formula is C30H41F3N4O2. The van der Waals surface area contributed by atoms with E-state index in [1.165, 1.54) is 50.7 Å². The molecule has 0 aromatic rings. The second-order valence-electron chi connectivity index (χ2n) is 11.7. The molecule has 0 bridgehead atoms. The number of rotatable bonds is 12. The van der Waals surface area contributed by atoms with E-state index in [-0.39, 0.29) is 24.8 Å². The Morgan fingerprint density at radius 2 is 1.69 bits per heavy atom. The van der Waals surface area contributed by atoms with Crippen LogP contribution in [-0.4, -0.2) is 50.1 Å². The lowest BCUT2D eigenvalue weighted by molar-refractivity contribution is -0.127. The number of nitrogens with one attached hydrogen (secondary N) is 2. The molecule has 0 aliphatic heterocycles. The van der Waals surface area contributed by atoms with Crippen LogP contribution in [0, 0.1) is 35.5 Å². The van der Waals surface area contributed by atoms with Crippen LogP contribution in [0.1, 0.15) is 64.2 Å². The molecule has 4 rings (SSSR count). The van der Waals surface area contributed by atoms with Crippen molar-refractivity contribution >= 4 is 24.7 Å². The molecule has 3 unspecified atom stereocenters. The number of amides is 2. The predicted molar refractivity (Wildman–Crippen MR) is 147 cm³/mol. The third-order valence-corrected chi connectivity index (χ3v) is 9.06. The van der Waals surface area contributed by atoms with Crippen molar-refractivity contribution in [3.63, 3.8) is 0 Å². The summed E-state index contributed by atoms with van der Waals surface area (Å²) in [4.78, 5) is 32.9. The molecule has 0 radical (unpaired) electrons. The molecule has 39 heavy (non-hydrogen) atoms. The van der Waals surface area contributed by atoms with Gasteiger partial charge in [-0.15, -0.1) is 0 Å². The van der Waals surface area contributed by atoms with Crippen LogP contribution in [0.5, 0.6) is 0 Å². The zero-order valence-electron chi connectivity index (χ0n) is 22.5. The Hall–Kier alpha value is -2.71. The van der Waals surface area contributed by atoms with Crippen molar-refractivity contribution in [3.05, 3.63) is 36.1 Å². The van der Waals surface area contributed by atoms with Gasteiger partial charge in [0.05, 0.1) is 12.6 Å². The van der Waals surface area contributed by atoms with E-state index in [4.69, 9.17) is 0 Å². The van der Waals surface area contributed by atoms with Gasteiger partial charge in [-0.1, -0.05) is 56.8 Å². The molecule has 0 spiro atoms. The average molecular weight is 547 g/mol. The smallest absolute Gasteiger partial charge is 0.348 e. The molecule has 0 aromatic carbocycles. The van der Waals surface area contributed by atoms with Crippen LogP contribution in [0.15, 0.2) is 46.1 Å². The van der Waals surface area contributed by atoms with Gasteiger partial charge >= 0.3 is 6.18 Å². The predicted octanol–water partition coefficient (Wildman–Crippen LogP) is 5.57. The van der Waals surface area contributed by atoms with Gasteiger partial charge in [0.25, 0.3) is 0 Å². The number of alkyl halides is 3. The molecule has 4 aliphatic rings. The van der Waals surface area contributed by atoms with Gasteiger partial charge in [0.15, 0.2) is 0 Å². The van der Waals surface area contributed by atoms with Crippen molar-refractivity contribution in [1.29, 1.82) is 0 Å². The van der Waals surface area contributed by atoms with E-state index in [9.17, 15) is 22.8 Å². The number of hydrogen-bond donors (Lipinski definition) is 2. The summed E-state index contributed by atoms with van der Waals surface area (Å²) in [7, 11) is 0. The summed E-state index contributed by atoms with van der Waals surface area (Å²) >= 11 is 0. The highest BCUT2D eigenvalue weighted by Gasteiger charge is 2.59. The van der Waals surface area contributed by atoms with E-state index >= 15 is 0 Å².